The van der Waals surface area contributed by atoms with Crippen molar-refractivity contribution in [2.75, 3.05) is 54.1 Å². The number of nitrogens with zero attached hydrogens (tertiary/aromatic N) is 1. The number of hydrogen-bond donors (Lipinski definition) is 0. The molecule has 0 spiro atoms. The minimum atomic E-state index is -4.54. The normalized spacial score (nSPS) is 14.2. The van der Waals surface area contributed by atoms with E-state index in [-0.39, 0.29) is 25.8 Å². The molecule has 0 aromatic heterocycles. The summed E-state index contributed by atoms with van der Waals surface area (Å²) in [7, 11) is 1.34. The maximum atomic E-state index is 12.8. The van der Waals surface area contributed by atoms with Crippen molar-refractivity contribution in [3.05, 3.63) is 85.1 Å². The summed E-state index contributed by atoms with van der Waals surface area (Å²) in [6.07, 6.45) is 67.5. The number of ether oxygens (including phenoxy) is 2. The smallest absolute Gasteiger partial charge is 0.306 e. The Balaban J connectivity index is 4.16. The van der Waals surface area contributed by atoms with E-state index >= 15 is 0 Å². The molecule has 0 saturated heterocycles. The lowest BCUT2D eigenvalue weighted by Crippen LogP contribution is -2.37. The summed E-state index contributed by atoms with van der Waals surface area (Å²) in [5.74, 6) is -0.342. The van der Waals surface area contributed by atoms with Gasteiger partial charge in [-0.3, -0.25) is 9.36 Å². The Labute approximate surface area is 414 Å². The Bertz CT molecular complexity index is 1340. The zero-order valence-electron chi connectivity index (χ0n) is 44.1. The van der Waals surface area contributed by atoms with Gasteiger partial charge >= 0.3 is 5.97 Å². The number of allylic oxidation sites excluding steroid dienone is 14. The molecular formula is C58H104NO7P. The minimum absolute atomic E-state index is 0.0195. The maximum absolute atomic E-state index is 12.8. The summed E-state index contributed by atoms with van der Waals surface area (Å²) in [6, 6.07) is 0. The Hall–Kier alpha value is -2.32. The van der Waals surface area contributed by atoms with Gasteiger partial charge in [0.2, 0.25) is 0 Å². The molecule has 0 amide bonds. The Morgan fingerprint density at radius 3 is 1.31 bits per heavy atom. The Morgan fingerprint density at radius 1 is 0.478 bits per heavy atom. The number of quaternary nitrogens is 1. The number of hydrogen-bond acceptors (Lipinski definition) is 7. The Kier molecular flexibility index (Phi) is 48.3. The van der Waals surface area contributed by atoms with Gasteiger partial charge < -0.3 is 27.9 Å². The molecule has 388 valence electrons. The van der Waals surface area contributed by atoms with Crippen LogP contribution in [0.2, 0.25) is 0 Å². The summed E-state index contributed by atoms with van der Waals surface area (Å²) in [6.45, 7) is 5.27. The number of phosphoric ester groups is 1. The minimum Gasteiger partial charge on any atom is -0.756 e. The van der Waals surface area contributed by atoms with Crippen LogP contribution in [0.25, 0.3) is 0 Å². The lowest BCUT2D eigenvalue weighted by molar-refractivity contribution is -0.870. The average molecular weight is 958 g/mol. The van der Waals surface area contributed by atoms with Crippen LogP contribution in [-0.4, -0.2) is 70.7 Å². The molecule has 0 aliphatic carbocycles. The molecular weight excluding hydrogens is 854 g/mol. The molecule has 0 aromatic carbocycles. The highest BCUT2D eigenvalue weighted by molar-refractivity contribution is 7.45. The molecule has 0 rings (SSSR count). The number of esters is 1. The second-order valence-corrected chi connectivity index (χ2v) is 20.6. The van der Waals surface area contributed by atoms with Gasteiger partial charge in [0, 0.05) is 13.0 Å². The van der Waals surface area contributed by atoms with E-state index in [0.717, 1.165) is 83.5 Å². The van der Waals surface area contributed by atoms with Crippen LogP contribution in [0, 0.1) is 0 Å². The monoisotopic (exact) mass is 958 g/mol. The number of likely N-dealkylation sites (N-methyl/N-ethyl adjacent to an activating group) is 1. The molecule has 0 aliphatic heterocycles. The molecule has 0 fully saturated rings. The van der Waals surface area contributed by atoms with Gasteiger partial charge in [-0.15, -0.1) is 0 Å². The first-order valence-electron chi connectivity index (χ1n) is 27.3. The zero-order chi connectivity index (χ0) is 49.0. The molecule has 0 saturated carbocycles. The van der Waals surface area contributed by atoms with Crippen LogP contribution in [0.4, 0.5) is 0 Å². The van der Waals surface area contributed by atoms with Crippen molar-refractivity contribution in [1.29, 1.82) is 0 Å². The fourth-order valence-electron chi connectivity index (χ4n) is 7.25. The first-order valence-corrected chi connectivity index (χ1v) is 28.8. The third kappa shape index (κ3) is 54.5. The molecule has 0 bridgehead atoms. The van der Waals surface area contributed by atoms with Gasteiger partial charge in [-0.2, -0.15) is 0 Å². The van der Waals surface area contributed by atoms with Crippen molar-refractivity contribution in [3.63, 3.8) is 0 Å². The van der Waals surface area contributed by atoms with Crippen molar-refractivity contribution < 1.29 is 37.3 Å². The maximum Gasteiger partial charge on any atom is 0.306 e. The van der Waals surface area contributed by atoms with Gasteiger partial charge in [-0.1, -0.05) is 208 Å². The third-order valence-electron chi connectivity index (χ3n) is 11.4. The van der Waals surface area contributed by atoms with Crippen LogP contribution >= 0.6 is 7.82 Å². The second-order valence-electron chi connectivity index (χ2n) is 19.2. The SMILES string of the molecule is CC/C=C\C/C=C\C/C=C\C/C=C\C/C=C\C/C=C\CCCCCCCCCOCC(COP(=O)([O-])OCC[N+](C)(C)C)OC(=O)CCCCCCCCCCC/C=C\CCCCCCCC. The molecule has 0 aliphatic rings. The van der Waals surface area contributed by atoms with E-state index in [1.165, 1.54) is 116 Å². The standard InChI is InChI=1S/C58H104NO7P/c1-6-8-10-12-14-16-18-20-22-24-26-27-28-29-30-31-32-34-36-38-40-42-44-46-48-50-53-63-55-57(56-65-67(61,62)64-54-52-59(3,4)5)66-58(60)51-49-47-45-43-41-39-37-35-33-25-23-21-19-17-15-13-11-9-7-2/h8,10,14,16,20-23,26-27,29-30,32,34,57H,6-7,9,11-13,15,17-19,24-25,28,31,33,35-56H2,1-5H3/b10-8-,16-14-,22-20-,23-21-,27-26-,30-29-,34-32-. The van der Waals surface area contributed by atoms with E-state index in [1.807, 2.05) is 21.1 Å². The van der Waals surface area contributed by atoms with E-state index < -0.39 is 13.9 Å². The zero-order valence-corrected chi connectivity index (χ0v) is 45.0. The topological polar surface area (TPSA) is 94.1 Å². The third-order valence-corrected chi connectivity index (χ3v) is 12.4. The predicted octanol–water partition coefficient (Wildman–Crippen LogP) is 16.5. The molecule has 9 heteroatoms. The van der Waals surface area contributed by atoms with Crippen LogP contribution < -0.4 is 4.89 Å². The number of phosphoric acid groups is 1. The van der Waals surface area contributed by atoms with E-state index in [9.17, 15) is 14.3 Å². The Morgan fingerprint density at radius 2 is 0.866 bits per heavy atom. The van der Waals surface area contributed by atoms with Gasteiger partial charge in [0.25, 0.3) is 7.82 Å². The van der Waals surface area contributed by atoms with Crippen molar-refractivity contribution >= 4 is 13.8 Å². The number of carbonyl (C=O) groups excluding carboxylic acids is 1. The molecule has 2 atom stereocenters. The van der Waals surface area contributed by atoms with E-state index in [4.69, 9.17) is 18.5 Å². The summed E-state index contributed by atoms with van der Waals surface area (Å²) >= 11 is 0. The van der Waals surface area contributed by atoms with Gasteiger partial charge in [0.1, 0.15) is 19.3 Å². The number of carbonyl (C=O) groups is 1. The molecule has 8 nitrogen and oxygen atoms in total. The predicted molar refractivity (Wildman–Crippen MR) is 286 cm³/mol. The van der Waals surface area contributed by atoms with E-state index in [1.54, 1.807) is 0 Å². The molecule has 2 unspecified atom stereocenters. The summed E-state index contributed by atoms with van der Waals surface area (Å²) < 4.78 is 34.8. The van der Waals surface area contributed by atoms with Crippen molar-refractivity contribution in [2.24, 2.45) is 0 Å². The van der Waals surface area contributed by atoms with Crippen molar-refractivity contribution in [3.8, 4) is 0 Å². The van der Waals surface area contributed by atoms with Gasteiger partial charge in [0.05, 0.1) is 34.4 Å². The van der Waals surface area contributed by atoms with Crippen molar-refractivity contribution in [1.82, 2.24) is 0 Å². The molecule has 0 heterocycles. The molecule has 0 radical (unpaired) electrons. The summed E-state index contributed by atoms with van der Waals surface area (Å²) in [4.78, 5) is 25.2. The molecule has 0 aromatic rings. The highest BCUT2D eigenvalue weighted by Gasteiger charge is 2.20. The van der Waals surface area contributed by atoms with Gasteiger partial charge in [-0.25, -0.2) is 0 Å². The van der Waals surface area contributed by atoms with E-state index in [0.29, 0.717) is 24.1 Å². The molecule has 0 N–H and O–H groups in total. The van der Waals surface area contributed by atoms with Crippen LogP contribution in [0.3, 0.4) is 0 Å². The first-order chi connectivity index (χ1) is 32.6. The summed E-state index contributed by atoms with van der Waals surface area (Å²) in [5.41, 5.74) is 0. The fourth-order valence-corrected chi connectivity index (χ4v) is 7.98. The van der Waals surface area contributed by atoms with E-state index in [2.05, 4.69) is 98.9 Å². The largest absolute Gasteiger partial charge is 0.756 e. The average Bonchev–Trinajstić information content (AvgIpc) is 3.29. The second kappa shape index (κ2) is 50.1. The molecule has 67 heavy (non-hydrogen) atoms. The highest BCUT2D eigenvalue weighted by Crippen LogP contribution is 2.38. The quantitative estimate of drug-likeness (QED) is 0.0197. The lowest BCUT2D eigenvalue weighted by Gasteiger charge is -2.28. The number of unbranched alkanes of at least 4 members (excludes halogenated alkanes) is 22. The van der Waals surface area contributed by atoms with Crippen LogP contribution in [0.1, 0.15) is 219 Å². The van der Waals surface area contributed by atoms with Gasteiger partial charge in [0.15, 0.2) is 0 Å². The van der Waals surface area contributed by atoms with Crippen LogP contribution in [0.15, 0.2) is 85.1 Å². The van der Waals surface area contributed by atoms with Gasteiger partial charge in [-0.05, 0) is 89.9 Å². The number of rotatable bonds is 50. The lowest BCUT2D eigenvalue weighted by atomic mass is 10.1. The van der Waals surface area contributed by atoms with Crippen LogP contribution in [0.5, 0.6) is 0 Å². The van der Waals surface area contributed by atoms with Crippen molar-refractivity contribution in [2.45, 2.75) is 225 Å². The highest BCUT2D eigenvalue weighted by atomic mass is 31.2. The fraction of sp³-hybridized carbons (Fsp3) is 0.741. The van der Waals surface area contributed by atoms with Crippen LogP contribution in [-0.2, 0) is 27.9 Å². The first kappa shape index (κ1) is 64.7. The summed E-state index contributed by atoms with van der Waals surface area (Å²) in [5, 5.41) is 0.